The highest BCUT2D eigenvalue weighted by molar-refractivity contribution is 5.80. The number of pyridine rings is 1. The van der Waals surface area contributed by atoms with E-state index in [2.05, 4.69) is 40.4 Å². The third-order valence-corrected chi connectivity index (χ3v) is 4.94. The molecule has 1 saturated heterocycles. The van der Waals surface area contributed by atoms with Crippen LogP contribution in [-0.4, -0.2) is 72.8 Å². The summed E-state index contributed by atoms with van der Waals surface area (Å²) in [6.07, 6.45) is 4.51. The number of hydrogen-bond acceptors (Lipinski definition) is 5. The second-order valence-corrected chi connectivity index (χ2v) is 8.82. The van der Waals surface area contributed by atoms with Crippen molar-refractivity contribution in [3.63, 3.8) is 0 Å². The Balaban J connectivity index is 1.86. The second-order valence-electron chi connectivity index (χ2n) is 8.82. The average molecular weight is 433 g/mol. The topological polar surface area (TPSA) is 82.1 Å². The van der Waals surface area contributed by atoms with E-state index >= 15 is 0 Å². The van der Waals surface area contributed by atoms with Crippen molar-refractivity contribution in [1.29, 1.82) is 0 Å². The van der Waals surface area contributed by atoms with Gasteiger partial charge in [-0.05, 0) is 59.1 Å². The van der Waals surface area contributed by atoms with E-state index in [0.717, 1.165) is 50.7 Å². The van der Waals surface area contributed by atoms with E-state index in [1.165, 1.54) is 0 Å². The molecule has 0 aromatic carbocycles. The Morgan fingerprint density at radius 1 is 1.26 bits per heavy atom. The first kappa shape index (κ1) is 24.8. The first-order valence-electron chi connectivity index (χ1n) is 11.5. The molecule has 0 atom stereocenters. The molecule has 2 rings (SSSR count). The summed E-state index contributed by atoms with van der Waals surface area (Å²) in [5.74, 6) is 1.85. The molecule has 1 amide bonds. The quantitative estimate of drug-likeness (QED) is 0.485. The lowest BCUT2D eigenvalue weighted by atomic mass is 10.1. The van der Waals surface area contributed by atoms with Crippen LogP contribution in [0.25, 0.3) is 0 Å². The summed E-state index contributed by atoms with van der Waals surface area (Å²) in [6.45, 7) is 14.3. The van der Waals surface area contributed by atoms with Gasteiger partial charge in [-0.2, -0.15) is 0 Å². The first-order valence-corrected chi connectivity index (χ1v) is 11.5. The van der Waals surface area contributed by atoms with Gasteiger partial charge in [-0.1, -0.05) is 13.0 Å². The summed E-state index contributed by atoms with van der Waals surface area (Å²) in [5.41, 5.74) is -0.493. The fourth-order valence-electron chi connectivity index (χ4n) is 3.48. The Kier molecular flexibility index (Phi) is 9.88. The molecule has 0 bridgehead atoms. The number of piperidine rings is 1. The number of aliphatic imine (C=N–C) groups is 1. The van der Waals surface area contributed by atoms with Gasteiger partial charge in [0, 0.05) is 45.0 Å². The molecule has 0 radical (unpaired) electrons. The number of amides is 1. The predicted molar refractivity (Wildman–Crippen MR) is 127 cm³/mol. The summed E-state index contributed by atoms with van der Waals surface area (Å²) < 4.78 is 5.52. The Morgan fingerprint density at radius 2 is 2.00 bits per heavy atom. The van der Waals surface area contributed by atoms with Crippen molar-refractivity contribution in [1.82, 2.24) is 20.5 Å². The summed E-state index contributed by atoms with van der Waals surface area (Å²) in [6, 6.07) is 6.41. The lowest BCUT2D eigenvalue weighted by molar-refractivity contribution is 0.0256. The fraction of sp³-hybridized carbons (Fsp3) is 0.696. The van der Waals surface area contributed by atoms with E-state index < -0.39 is 5.60 Å². The highest BCUT2D eigenvalue weighted by Crippen LogP contribution is 2.17. The van der Waals surface area contributed by atoms with Gasteiger partial charge >= 0.3 is 6.09 Å². The second kappa shape index (κ2) is 12.4. The lowest BCUT2D eigenvalue weighted by Gasteiger charge is -2.33. The van der Waals surface area contributed by atoms with Gasteiger partial charge in [0.2, 0.25) is 0 Å². The van der Waals surface area contributed by atoms with Gasteiger partial charge < -0.3 is 25.2 Å². The van der Waals surface area contributed by atoms with Crippen LogP contribution in [0.1, 0.15) is 53.9 Å². The molecule has 174 valence electrons. The van der Waals surface area contributed by atoms with Crippen molar-refractivity contribution < 1.29 is 9.53 Å². The maximum Gasteiger partial charge on any atom is 0.410 e. The smallest absolute Gasteiger partial charge is 0.410 e. The van der Waals surface area contributed by atoms with Crippen molar-refractivity contribution in [3.8, 4) is 0 Å². The van der Waals surface area contributed by atoms with Crippen LogP contribution in [0.3, 0.4) is 0 Å². The van der Waals surface area contributed by atoms with Gasteiger partial charge in [-0.25, -0.2) is 9.78 Å². The van der Waals surface area contributed by atoms with Crippen molar-refractivity contribution in [2.24, 2.45) is 4.99 Å². The van der Waals surface area contributed by atoms with Gasteiger partial charge in [-0.3, -0.25) is 4.99 Å². The van der Waals surface area contributed by atoms with Crippen LogP contribution >= 0.6 is 0 Å². The monoisotopic (exact) mass is 432 g/mol. The fourth-order valence-corrected chi connectivity index (χ4v) is 3.48. The van der Waals surface area contributed by atoms with E-state index in [0.29, 0.717) is 25.7 Å². The number of guanidine groups is 1. The van der Waals surface area contributed by atoms with Gasteiger partial charge in [0.25, 0.3) is 0 Å². The molecule has 1 fully saturated rings. The summed E-state index contributed by atoms with van der Waals surface area (Å²) in [5, 5.41) is 6.88. The summed E-state index contributed by atoms with van der Waals surface area (Å²) in [7, 11) is 0. The van der Waals surface area contributed by atoms with Crippen molar-refractivity contribution in [2.75, 3.05) is 44.2 Å². The number of carbonyl (C=O) groups excluding carboxylic acids is 1. The Morgan fingerprint density at radius 3 is 2.58 bits per heavy atom. The molecule has 0 spiro atoms. The van der Waals surface area contributed by atoms with Gasteiger partial charge in [0.1, 0.15) is 11.4 Å². The van der Waals surface area contributed by atoms with E-state index in [-0.39, 0.29) is 6.09 Å². The van der Waals surface area contributed by atoms with E-state index in [4.69, 9.17) is 9.73 Å². The molecular weight excluding hydrogens is 392 g/mol. The Labute approximate surface area is 187 Å². The molecule has 1 aromatic heterocycles. The minimum Gasteiger partial charge on any atom is -0.444 e. The van der Waals surface area contributed by atoms with Crippen LogP contribution in [0.4, 0.5) is 10.6 Å². The zero-order chi connectivity index (χ0) is 22.7. The van der Waals surface area contributed by atoms with Crippen LogP contribution in [0.5, 0.6) is 0 Å². The van der Waals surface area contributed by atoms with E-state index in [1.807, 2.05) is 39.1 Å². The van der Waals surface area contributed by atoms with Gasteiger partial charge in [0.15, 0.2) is 5.96 Å². The first-order chi connectivity index (χ1) is 14.8. The molecule has 0 unspecified atom stereocenters. The number of carbonyl (C=O) groups is 1. The molecule has 8 heteroatoms. The van der Waals surface area contributed by atoms with Crippen LogP contribution < -0.4 is 15.5 Å². The molecule has 0 aliphatic carbocycles. The Hall–Kier alpha value is -2.51. The number of ether oxygens (including phenoxy) is 1. The zero-order valence-corrected chi connectivity index (χ0v) is 19.9. The van der Waals surface area contributed by atoms with Gasteiger partial charge in [-0.15, -0.1) is 0 Å². The van der Waals surface area contributed by atoms with E-state index in [9.17, 15) is 4.79 Å². The summed E-state index contributed by atoms with van der Waals surface area (Å²) in [4.78, 5) is 25.7. The minimum absolute atomic E-state index is 0.274. The normalized spacial score (nSPS) is 15.5. The number of anilines is 1. The molecule has 1 aliphatic heterocycles. The molecule has 1 aliphatic rings. The third kappa shape index (κ3) is 9.02. The molecule has 2 N–H and O–H groups in total. The minimum atomic E-state index is -0.493. The standard InChI is InChI=1S/C23H40N6O2/c1-6-15-29(22(30)31-23(3,4)5)18-14-26-21(24-7-2)27-19-11-16-28(17-12-19)20-10-8-9-13-25-20/h8-10,13,19H,6-7,11-12,14-18H2,1-5H3,(H2,24,26,27). The largest absolute Gasteiger partial charge is 0.444 e. The van der Waals surface area contributed by atoms with Crippen LogP contribution in [0.2, 0.25) is 0 Å². The highest BCUT2D eigenvalue weighted by atomic mass is 16.6. The zero-order valence-electron chi connectivity index (χ0n) is 19.9. The number of aromatic nitrogens is 1. The van der Waals surface area contributed by atoms with Crippen molar-refractivity contribution >= 4 is 17.9 Å². The lowest BCUT2D eigenvalue weighted by Crippen LogP contribution is -2.49. The molecule has 2 heterocycles. The molecular formula is C23H40N6O2. The van der Waals surface area contributed by atoms with Crippen LogP contribution in [0.15, 0.2) is 29.4 Å². The molecule has 0 saturated carbocycles. The number of nitrogens with one attached hydrogen (secondary N) is 2. The maximum absolute atomic E-state index is 12.4. The molecule has 8 nitrogen and oxygen atoms in total. The van der Waals surface area contributed by atoms with Crippen LogP contribution in [0, 0.1) is 0 Å². The number of hydrogen-bond donors (Lipinski definition) is 2. The molecule has 31 heavy (non-hydrogen) atoms. The van der Waals surface area contributed by atoms with Crippen molar-refractivity contribution in [3.05, 3.63) is 24.4 Å². The predicted octanol–water partition coefficient (Wildman–Crippen LogP) is 3.25. The Bertz CT molecular complexity index is 681. The average Bonchev–Trinajstić information content (AvgIpc) is 2.73. The summed E-state index contributed by atoms with van der Waals surface area (Å²) >= 11 is 0. The van der Waals surface area contributed by atoms with Crippen molar-refractivity contribution in [2.45, 2.75) is 65.5 Å². The molecule has 1 aromatic rings. The van der Waals surface area contributed by atoms with E-state index in [1.54, 1.807) is 4.90 Å². The third-order valence-electron chi connectivity index (χ3n) is 4.94. The maximum atomic E-state index is 12.4. The van der Waals surface area contributed by atoms with Gasteiger partial charge in [0.05, 0.1) is 6.54 Å². The highest BCUT2D eigenvalue weighted by Gasteiger charge is 2.22. The number of nitrogens with zero attached hydrogens (tertiary/aromatic N) is 4. The van der Waals surface area contributed by atoms with Crippen LogP contribution in [-0.2, 0) is 4.74 Å². The number of rotatable bonds is 8. The SMILES string of the molecule is CCCN(CCN=C(NCC)NC1CCN(c2ccccn2)CC1)C(=O)OC(C)(C)C.